The van der Waals surface area contributed by atoms with Gasteiger partial charge in [0.05, 0.1) is 12.2 Å². The molecule has 0 saturated heterocycles. The molecule has 0 atom stereocenters. The van der Waals surface area contributed by atoms with E-state index in [1.807, 2.05) is 35.8 Å². The van der Waals surface area contributed by atoms with Gasteiger partial charge in [0, 0.05) is 12.1 Å². The summed E-state index contributed by atoms with van der Waals surface area (Å²) in [5, 5.41) is 9.44. The first-order valence-corrected chi connectivity index (χ1v) is 8.70. The molecular formula is C22H23N3O. The van der Waals surface area contributed by atoms with Crippen molar-refractivity contribution in [3.63, 3.8) is 0 Å². The molecule has 4 nitrogen and oxygen atoms in total. The van der Waals surface area contributed by atoms with Crippen LogP contribution in [0.4, 0.5) is 5.69 Å². The summed E-state index contributed by atoms with van der Waals surface area (Å²) in [4.78, 5) is 0. The average molecular weight is 345 g/mol. The van der Waals surface area contributed by atoms with Crippen molar-refractivity contribution in [3.8, 4) is 11.8 Å². The maximum atomic E-state index is 9.44. The van der Waals surface area contributed by atoms with Crippen LogP contribution in [0.1, 0.15) is 28.1 Å². The van der Waals surface area contributed by atoms with E-state index in [4.69, 9.17) is 10.5 Å². The molecule has 0 aliphatic heterocycles. The lowest BCUT2D eigenvalue weighted by atomic mass is 10.1. The van der Waals surface area contributed by atoms with Crippen LogP contribution in [0, 0.1) is 25.2 Å². The van der Waals surface area contributed by atoms with Crippen molar-refractivity contribution in [2.75, 3.05) is 12.3 Å². The highest BCUT2D eigenvalue weighted by molar-refractivity contribution is 5.52. The molecule has 2 aromatic carbocycles. The Kier molecular flexibility index (Phi) is 5.28. The predicted octanol–water partition coefficient (Wildman–Crippen LogP) is 4.23. The van der Waals surface area contributed by atoms with E-state index in [-0.39, 0.29) is 0 Å². The Hall–Kier alpha value is -3.19. The fraction of sp³-hybridized carbons (Fsp3) is 0.227. The number of hydrogen-bond acceptors (Lipinski definition) is 3. The van der Waals surface area contributed by atoms with Gasteiger partial charge in [-0.25, -0.2) is 0 Å². The Balaban J connectivity index is 1.75. The topological polar surface area (TPSA) is 64.0 Å². The van der Waals surface area contributed by atoms with Crippen LogP contribution in [0.2, 0.25) is 0 Å². The first-order chi connectivity index (χ1) is 12.6. The lowest BCUT2D eigenvalue weighted by molar-refractivity contribution is 0.296. The molecule has 0 aliphatic carbocycles. The van der Waals surface area contributed by atoms with E-state index in [0.29, 0.717) is 31.0 Å². The summed E-state index contributed by atoms with van der Waals surface area (Å²) in [5.74, 6) is 0.828. The van der Waals surface area contributed by atoms with Gasteiger partial charge < -0.3 is 15.0 Å². The van der Waals surface area contributed by atoms with Crippen LogP contribution >= 0.6 is 0 Å². The van der Waals surface area contributed by atoms with Crippen molar-refractivity contribution in [1.29, 1.82) is 5.26 Å². The zero-order valence-corrected chi connectivity index (χ0v) is 15.2. The van der Waals surface area contributed by atoms with Crippen LogP contribution < -0.4 is 10.5 Å². The minimum Gasteiger partial charge on any atom is -0.492 e. The number of nitrogen functional groups attached to an aromatic ring is 1. The third-order valence-electron chi connectivity index (χ3n) is 4.45. The summed E-state index contributed by atoms with van der Waals surface area (Å²) in [7, 11) is 0. The molecule has 0 saturated carbocycles. The molecular weight excluding hydrogens is 322 g/mol. The molecule has 2 N–H and O–H groups in total. The minimum atomic E-state index is 0.479. The SMILES string of the molecule is Cc1ccc(Cc2c(N)cc(C#N)n2CCOc2ccc(C)cc2)cc1. The van der Waals surface area contributed by atoms with Gasteiger partial charge in [0.25, 0.3) is 0 Å². The largest absolute Gasteiger partial charge is 0.492 e. The molecule has 0 bridgehead atoms. The Bertz CT molecular complexity index is 916. The van der Waals surface area contributed by atoms with Gasteiger partial charge in [-0.05, 0) is 37.6 Å². The van der Waals surface area contributed by atoms with Crippen molar-refractivity contribution in [3.05, 3.63) is 82.7 Å². The van der Waals surface area contributed by atoms with Crippen LogP contribution in [0.25, 0.3) is 0 Å². The third kappa shape index (κ3) is 4.07. The molecule has 132 valence electrons. The molecule has 0 fully saturated rings. The fourth-order valence-corrected chi connectivity index (χ4v) is 2.94. The molecule has 1 heterocycles. The van der Waals surface area contributed by atoms with Crippen LogP contribution in [0.15, 0.2) is 54.6 Å². The molecule has 0 radical (unpaired) electrons. The quantitative estimate of drug-likeness (QED) is 0.727. The van der Waals surface area contributed by atoms with E-state index in [1.165, 1.54) is 16.7 Å². The molecule has 3 rings (SSSR count). The molecule has 26 heavy (non-hydrogen) atoms. The zero-order valence-electron chi connectivity index (χ0n) is 15.2. The molecule has 0 amide bonds. The zero-order chi connectivity index (χ0) is 18.5. The molecule has 1 aromatic heterocycles. The first kappa shape index (κ1) is 17.6. The fourth-order valence-electron chi connectivity index (χ4n) is 2.94. The van der Waals surface area contributed by atoms with Gasteiger partial charge in [0.1, 0.15) is 24.1 Å². The summed E-state index contributed by atoms with van der Waals surface area (Å²) >= 11 is 0. The van der Waals surface area contributed by atoms with Crippen LogP contribution in [0.3, 0.4) is 0 Å². The Labute approximate surface area is 154 Å². The highest BCUT2D eigenvalue weighted by Gasteiger charge is 2.13. The van der Waals surface area contributed by atoms with E-state index in [9.17, 15) is 5.26 Å². The molecule has 4 heteroatoms. The normalized spacial score (nSPS) is 10.5. The van der Waals surface area contributed by atoms with Crippen LogP contribution in [-0.2, 0) is 13.0 Å². The van der Waals surface area contributed by atoms with Gasteiger partial charge in [-0.15, -0.1) is 0 Å². The molecule has 3 aromatic rings. The third-order valence-corrected chi connectivity index (χ3v) is 4.45. The highest BCUT2D eigenvalue weighted by atomic mass is 16.5. The van der Waals surface area contributed by atoms with E-state index < -0.39 is 0 Å². The standard InChI is InChI=1S/C22H23N3O/c1-16-3-7-18(8-4-16)13-22-21(24)14-19(15-23)25(22)11-12-26-20-9-5-17(2)6-10-20/h3-10,14H,11-13,24H2,1-2H3. The number of ether oxygens (including phenoxy) is 1. The number of nitrogens with two attached hydrogens (primary N) is 1. The van der Waals surface area contributed by atoms with Gasteiger partial charge in [0.2, 0.25) is 0 Å². The predicted molar refractivity (Wildman–Crippen MR) is 104 cm³/mol. The molecule has 0 unspecified atom stereocenters. The lowest BCUT2D eigenvalue weighted by Gasteiger charge is -2.13. The average Bonchev–Trinajstić information content (AvgIpc) is 2.94. The molecule has 0 spiro atoms. The highest BCUT2D eigenvalue weighted by Crippen LogP contribution is 2.22. The number of rotatable bonds is 6. The number of nitrogens with zero attached hydrogens (tertiary/aromatic N) is 2. The Morgan fingerprint density at radius 2 is 1.62 bits per heavy atom. The van der Waals surface area contributed by atoms with Crippen molar-refractivity contribution < 1.29 is 4.74 Å². The number of hydrogen-bond donors (Lipinski definition) is 1. The van der Waals surface area contributed by atoms with Crippen LogP contribution in [0.5, 0.6) is 5.75 Å². The van der Waals surface area contributed by atoms with Gasteiger partial charge in [-0.2, -0.15) is 5.26 Å². The van der Waals surface area contributed by atoms with Gasteiger partial charge in [-0.3, -0.25) is 0 Å². The first-order valence-electron chi connectivity index (χ1n) is 8.70. The van der Waals surface area contributed by atoms with Gasteiger partial charge in [-0.1, -0.05) is 47.5 Å². The Morgan fingerprint density at radius 1 is 1.00 bits per heavy atom. The summed E-state index contributed by atoms with van der Waals surface area (Å²) in [5.41, 5.74) is 11.9. The van der Waals surface area contributed by atoms with E-state index in [0.717, 1.165) is 11.4 Å². The summed E-state index contributed by atoms with van der Waals surface area (Å²) < 4.78 is 7.79. The van der Waals surface area contributed by atoms with Gasteiger partial charge >= 0.3 is 0 Å². The summed E-state index contributed by atoms with van der Waals surface area (Å²) in [6.45, 7) is 5.17. The number of anilines is 1. The van der Waals surface area contributed by atoms with Gasteiger partial charge in [0.15, 0.2) is 0 Å². The second-order valence-electron chi connectivity index (χ2n) is 6.52. The minimum absolute atomic E-state index is 0.479. The number of aryl methyl sites for hydroxylation is 2. The van der Waals surface area contributed by atoms with E-state index in [2.05, 4.69) is 37.3 Å². The van der Waals surface area contributed by atoms with Crippen molar-refractivity contribution in [2.24, 2.45) is 0 Å². The second-order valence-corrected chi connectivity index (χ2v) is 6.52. The van der Waals surface area contributed by atoms with Crippen molar-refractivity contribution >= 4 is 5.69 Å². The molecule has 0 aliphatic rings. The van der Waals surface area contributed by atoms with Crippen molar-refractivity contribution in [1.82, 2.24) is 4.57 Å². The smallest absolute Gasteiger partial charge is 0.122 e. The maximum Gasteiger partial charge on any atom is 0.122 e. The second kappa shape index (κ2) is 7.79. The summed E-state index contributed by atoms with van der Waals surface area (Å²) in [6, 6.07) is 20.3. The Morgan fingerprint density at radius 3 is 2.23 bits per heavy atom. The maximum absolute atomic E-state index is 9.44. The van der Waals surface area contributed by atoms with Crippen LogP contribution in [-0.4, -0.2) is 11.2 Å². The van der Waals surface area contributed by atoms with Crippen molar-refractivity contribution in [2.45, 2.75) is 26.8 Å². The van der Waals surface area contributed by atoms with E-state index >= 15 is 0 Å². The lowest BCUT2D eigenvalue weighted by Crippen LogP contribution is -2.13. The number of benzene rings is 2. The monoisotopic (exact) mass is 345 g/mol. The van der Waals surface area contributed by atoms with E-state index in [1.54, 1.807) is 6.07 Å². The number of aromatic nitrogens is 1. The summed E-state index contributed by atoms with van der Waals surface area (Å²) in [6.07, 6.45) is 0.693. The number of nitriles is 1.